The summed E-state index contributed by atoms with van der Waals surface area (Å²) in [5, 5.41) is 0. The molecule has 30 heavy (non-hydrogen) atoms. The number of hydrogen-bond acceptors (Lipinski definition) is 0. The van der Waals surface area contributed by atoms with E-state index >= 15 is 0 Å². The zero-order valence-electron chi connectivity index (χ0n) is 22.3. The molecule has 0 amide bonds. The van der Waals surface area contributed by atoms with Crippen LogP contribution in [0.3, 0.4) is 0 Å². The maximum atomic E-state index is 2.42. The lowest BCUT2D eigenvalue weighted by molar-refractivity contribution is 0.265. The predicted octanol–water partition coefficient (Wildman–Crippen LogP) is 11.5. The molecule has 0 radical (unpaired) electrons. The molecule has 0 aliphatic heterocycles. The van der Waals surface area contributed by atoms with Gasteiger partial charge < -0.3 is 0 Å². The first-order valence-corrected chi connectivity index (χ1v) is 14.7. The van der Waals surface area contributed by atoms with Gasteiger partial charge in [-0.3, -0.25) is 0 Å². The van der Waals surface area contributed by atoms with E-state index in [0.717, 1.165) is 17.8 Å². The SMILES string of the molecule is CCCCC(CC)C(CC)CCCCCCCCCCCCCC(CCC)CCC. The third-order valence-electron chi connectivity index (χ3n) is 7.73. The Morgan fingerprint density at radius 1 is 0.333 bits per heavy atom. The lowest BCUT2D eigenvalue weighted by Gasteiger charge is -2.25. The van der Waals surface area contributed by atoms with Crippen molar-refractivity contribution in [1.29, 1.82) is 0 Å². The zero-order valence-corrected chi connectivity index (χ0v) is 22.3. The molecule has 0 nitrogen and oxygen atoms in total. The fourth-order valence-electron chi connectivity index (χ4n) is 5.69. The van der Waals surface area contributed by atoms with Gasteiger partial charge in [0.1, 0.15) is 0 Å². The molecule has 0 aliphatic rings. The third-order valence-corrected chi connectivity index (χ3v) is 7.73. The summed E-state index contributed by atoms with van der Waals surface area (Å²) < 4.78 is 0. The van der Waals surface area contributed by atoms with E-state index in [0.29, 0.717) is 0 Å². The van der Waals surface area contributed by atoms with Crippen LogP contribution in [0.1, 0.15) is 176 Å². The van der Waals surface area contributed by atoms with Crippen molar-refractivity contribution in [1.82, 2.24) is 0 Å². The van der Waals surface area contributed by atoms with Crippen LogP contribution in [-0.4, -0.2) is 0 Å². The third kappa shape index (κ3) is 17.7. The molecule has 0 rings (SSSR count). The average Bonchev–Trinajstić information content (AvgIpc) is 2.75. The van der Waals surface area contributed by atoms with Gasteiger partial charge in [-0.15, -0.1) is 0 Å². The number of unbranched alkanes of at least 4 members (excludes halogenated alkanes) is 11. The van der Waals surface area contributed by atoms with Crippen molar-refractivity contribution < 1.29 is 0 Å². The van der Waals surface area contributed by atoms with E-state index in [2.05, 4.69) is 34.6 Å². The molecule has 0 heteroatoms. The van der Waals surface area contributed by atoms with E-state index in [1.807, 2.05) is 0 Å². The minimum Gasteiger partial charge on any atom is -0.0654 e. The Morgan fingerprint density at radius 3 is 1.07 bits per heavy atom. The maximum absolute atomic E-state index is 2.42. The highest BCUT2D eigenvalue weighted by Crippen LogP contribution is 2.29. The normalized spacial score (nSPS) is 13.8. The molecule has 0 aromatic heterocycles. The molecule has 0 spiro atoms. The highest BCUT2D eigenvalue weighted by Gasteiger charge is 2.17. The Bertz CT molecular complexity index is 301. The van der Waals surface area contributed by atoms with Gasteiger partial charge in [0.15, 0.2) is 0 Å². The van der Waals surface area contributed by atoms with Gasteiger partial charge in [0.2, 0.25) is 0 Å². The molecule has 0 aromatic carbocycles. The van der Waals surface area contributed by atoms with Crippen molar-refractivity contribution in [3.8, 4) is 0 Å². The first-order chi connectivity index (χ1) is 14.7. The molecule has 0 heterocycles. The van der Waals surface area contributed by atoms with Gasteiger partial charge in [-0.1, -0.05) is 176 Å². The Hall–Kier alpha value is 0. The molecule has 0 aliphatic carbocycles. The lowest BCUT2D eigenvalue weighted by Crippen LogP contribution is -2.13. The fraction of sp³-hybridized carbons (Fsp3) is 1.00. The molecule has 0 N–H and O–H groups in total. The summed E-state index contributed by atoms with van der Waals surface area (Å²) in [6.45, 7) is 11.9. The van der Waals surface area contributed by atoms with Crippen LogP contribution in [0.15, 0.2) is 0 Å². The maximum Gasteiger partial charge on any atom is -0.0389 e. The second-order valence-electron chi connectivity index (χ2n) is 10.4. The van der Waals surface area contributed by atoms with Gasteiger partial charge in [-0.05, 0) is 17.8 Å². The van der Waals surface area contributed by atoms with E-state index < -0.39 is 0 Å². The number of hydrogen-bond donors (Lipinski definition) is 0. The quantitative estimate of drug-likeness (QED) is 0.136. The Morgan fingerprint density at radius 2 is 0.700 bits per heavy atom. The van der Waals surface area contributed by atoms with E-state index in [1.165, 1.54) is 141 Å². The average molecular weight is 423 g/mol. The summed E-state index contributed by atoms with van der Waals surface area (Å²) in [5.74, 6) is 3.02. The molecule has 0 aromatic rings. The van der Waals surface area contributed by atoms with Gasteiger partial charge in [0.05, 0.1) is 0 Å². The minimum atomic E-state index is 0.999. The summed E-state index contributed by atoms with van der Waals surface area (Å²) in [4.78, 5) is 0. The molecule has 2 unspecified atom stereocenters. The Labute approximate surface area is 193 Å². The van der Waals surface area contributed by atoms with Crippen LogP contribution in [0, 0.1) is 17.8 Å². The van der Waals surface area contributed by atoms with Crippen molar-refractivity contribution in [2.24, 2.45) is 17.8 Å². The summed E-state index contributed by atoms with van der Waals surface area (Å²) in [7, 11) is 0. The largest absolute Gasteiger partial charge is 0.0654 e. The highest BCUT2D eigenvalue weighted by atomic mass is 14.2. The molecule has 0 bridgehead atoms. The lowest BCUT2D eigenvalue weighted by atomic mass is 9.81. The molecule has 182 valence electrons. The molecule has 2 atom stereocenters. The first-order valence-electron chi connectivity index (χ1n) is 14.7. The molecule has 0 saturated heterocycles. The summed E-state index contributed by atoms with van der Waals surface area (Å²) in [6, 6.07) is 0. The van der Waals surface area contributed by atoms with Crippen LogP contribution >= 0.6 is 0 Å². The second-order valence-corrected chi connectivity index (χ2v) is 10.4. The van der Waals surface area contributed by atoms with Gasteiger partial charge in [-0.2, -0.15) is 0 Å². The van der Waals surface area contributed by atoms with Crippen LogP contribution in [0.5, 0.6) is 0 Å². The van der Waals surface area contributed by atoms with Crippen molar-refractivity contribution in [3.63, 3.8) is 0 Å². The van der Waals surface area contributed by atoms with Crippen LogP contribution in [0.4, 0.5) is 0 Å². The van der Waals surface area contributed by atoms with Gasteiger partial charge in [-0.25, -0.2) is 0 Å². The second kappa shape index (κ2) is 23.7. The van der Waals surface area contributed by atoms with E-state index in [-0.39, 0.29) is 0 Å². The van der Waals surface area contributed by atoms with Crippen molar-refractivity contribution in [2.75, 3.05) is 0 Å². The van der Waals surface area contributed by atoms with E-state index in [4.69, 9.17) is 0 Å². The van der Waals surface area contributed by atoms with Gasteiger partial charge >= 0.3 is 0 Å². The van der Waals surface area contributed by atoms with Crippen molar-refractivity contribution >= 4 is 0 Å². The minimum absolute atomic E-state index is 0.999. The van der Waals surface area contributed by atoms with Gasteiger partial charge in [0.25, 0.3) is 0 Å². The van der Waals surface area contributed by atoms with Crippen molar-refractivity contribution in [2.45, 2.75) is 176 Å². The number of rotatable bonds is 24. The molecule has 0 fully saturated rings. The van der Waals surface area contributed by atoms with Crippen LogP contribution in [-0.2, 0) is 0 Å². The summed E-state index contributed by atoms with van der Waals surface area (Å²) >= 11 is 0. The topological polar surface area (TPSA) is 0 Å². The molecule has 0 saturated carbocycles. The standard InChI is InChI=1S/C30H62/c1-6-11-26-29(9-4)30(10-5)27-22-20-18-16-14-12-13-15-17-19-21-25-28(23-7-2)24-8-3/h28-30H,6-27H2,1-5H3. The van der Waals surface area contributed by atoms with Crippen LogP contribution < -0.4 is 0 Å². The zero-order chi connectivity index (χ0) is 22.3. The molecular formula is C30H62. The monoisotopic (exact) mass is 422 g/mol. The Balaban J connectivity index is 3.48. The smallest absolute Gasteiger partial charge is 0.0389 e. The predicted molar refractivity (Wildman–Crippen MR) is 140 cm³/mol. The fourth-order valence-corrected chi connectivity index (χ4v) is 5.69. The molecular weight excluding hydrogens is 360 g/mol. The van der Waals surface area contributed by atoms with Crippen molar-refractivity contribution in [3.05, 3.63) is 0 Å². The highest BCUT2D eigenvalue weighted by molar-refractivity contribution is 4.68. The van der Waals surface area contributed by atoms with E-state index in [9.17, 15) is 0 Å². The van der Waals surface area contributed by atoms with Gasteiger partial charge in [0, 0.05) is 0 Å². The summed E-state index contributed by atoms with van der Waals surface area (Å²) in [5.41, 5.74) is 0. The first kappa shape index (κ1) is 30.0. The van der Waals surface area contributed by atoms with Crippen LogP contribution in [0.2, 0.25) is 0 Å². The Kier molecular flexibility index (Phi) is 23.7. The van der Waals surface area contributed by atoms with Crippen LogP contribution in [0.25, 0.3) is 0 Å². The van der Waals surface area contributed by atoms with E-state index in [1.54, 1.807) is 0 Å². The summed E-state index contributed by atoms with van der Waals surface area (Å²) in [6.07, 6.45) is 32.1.